The van der Waals surface area contributed by atoms with Gasteiger partial charge in [0.15, 0.2) is 0 Å². The molecule has 0 atom stereocenters. The van der Waals surface area contributed by atoms with Crippen LogP contribution < -0.4 is 5.43 Å². The molecule has 4 nitrogen and oxygen atoms in total. The number of hydrogen-bond acceptors (Lipinski definition) is 3. The summed E-state index contributed by atoms with van der Waals surface area (Å²) in [6, 6.07) is 16.9. The van der Waals surface area contributed by atoms with Crippen LogP contribution in [0.1, 0.15) is 11.1 Å². The van der Waals surface area contributed by atoms with Crippen molar-refractivity contribution in [3.05, 3.63) is 70.6 Å². The molecule has 0 aromatic heterocycles. The molecule has 2 rings (SSSR count). The highest BCUT2D eigenvalue weighted by atomic mass is 16.3. The van der Waals surface area contributed by atoms with Gasteiger partial charge in [-0.25, -0.2) is 0 Å². The molecule has 2 aromatic carbocycles. The number of amidine groups is 1. The second kappa shape index (κ2) is 5.72. The minimum absolute atomic E-state index is 0.138. The molecule has 90 valence electrons. The minimum atomic E-state index is 0.138. The third kappa shape index (κ3) is 3.01. The molecule has 1 N–H and O–H groups in total. The Morgan fingerprint density at radius 2 is 1.67 bits per heavy atom. The SMILES string of the molecule is Cc1ccc(/C(N=O)=N/Nc2ccccc2)cc1. The highest BCUT2D eigenvalue weighted by Crippen LogP contribution is 2.08. The van der Waals surface area contributed by atoms with Crippen molar-refractivity contribution in [3.8, 4) is 0 Å². The third-order valence-electron chi connectivity index (χ3n) is 2.46. The van der Waals surface area contributed by atoms with Gasteiger partial charge in [0.25, 0.3) is 0 Å². The molecule has 0 heterocycles. The maximum Gasteiger partial charge on any atom is 0.222 e. The highest BCUT2D eigenvalue weighted by molar-refractivity contribution is 5.99. The van der Waals surface area contributed by atoms with E-state index in [-0.39, 0.29) is 5.84 Å². The van der Waals surface area contributed by atoms with Crippen molar-refractivity contribution in [3.63, 3.8) is 0 Å². The largest absolute Gasteiger partial charge is 0.276 e. The molecule has 0 radical (unpaired) electrons. The zero-order chi connectivity index (χ0) is 12.8. The summed E-state index contributed by atoms with van der Waals surface area (Å²) in [5, 5.41) is 6.94. The van der Waals surface area contributed by atoms with Crippen molar-refractivity contribution >= 4 is 11.5 Å². The van der Waals surface area contributed by atoms with Crippen LogP contribution in [0, 0.1) is 11.8 Å². The number of aryl methyl sites for hydroxylation is 1. The van der Waals surface area contributed by atoms with Gasteiger partial charge in [0.1, 0.15) is 0 Å². The molecular formula is C14H13N3O. The smallest absolute Gasteiger partial charge is 0.222 e. The van der Waals surface area contributed by atoms with Gasteiger partial charge in [0.05, 0.1) is 5.69 Å². The molecule has 2 aromatic rings. The van der Waals surface area contributed by atoms with E-state index in [0.29, 0.717) is 5.56 Å². The molecule has 0 bridgehead atoms. The Morgan fingerprint density at radius 1 is 1.00 bits per heavy atom. The lowest BCUT2D eigenvalue weighted by molar-refractivity contribution is 1.30. The van der Waals surface area contributed by atoms with Gasteiger partial charge >= 0.3 is 0 Å². The van der Waals surface area contributed by atoms with Crippen molar-refractivity contribution in [2.45, 2.75) is 6.92 Å². The molecule has 0 spiro atoms. The number of hydrazone groups is 1. The molecule has 0 fully saturated rings. The Labute approximate surface area is 105 Å². The molecule has 0 aliphatic carbocycles. The van der Waals surface area contributed by atoms with Crippen LogP contribution in [0.15, 0.2) is 64.9 Å². The van der Waals surface area contributed by atoms with E-state index in [1.807, 2.05) is 61.5 Å². The summed E-state index contributed by atoms with van der Waals surface area (Å²) < 4.78 is 0. The predicted octanol–water partition coefficient (Wildman–Crippen LogP) is 3.54. The lowest BCUT2D eigenvalue weighted by Crippen LogP contribution is -2.00. The van der Waals surface area contributed by atoms with Crippen LogP contribution in [0.5, 0.6) is 0 Å². The van der Waals surface area contributed by atoms with Gasteiger partial charge in [-0.15, -0.1) is 4.91 Å². The van der Waals surface area contributed by atoms with Crippen LogP contribution in [0.3, 0.4) is 0 Å². The lowest BCUT2D eigenvalue weighted by atomic mass is 10.1. The van der Waals surface area contributed by atoms with Crippen molar-refractivity contribution in [2.24, 2.45) is 10.3 Å². The molecule has 0 aliphatic rings. The van der Waals surface area contributed by atoms with E-state index < -0.39 is 0 Å². The first kappa shape index (κ1) is 12.0. The van der Waals surface area contributed by atoms with Gasteiger partial charge in [-0.2, -0.15) is 5.10 Å². The molecule has 0 aliphatic heterocycles. The topological polar surface area (TPSA) is 53.8 Å². The summed E-state index contributed by atoms with van der Waals surface area (Å²) in [7, 11) is 0. The number of nitroso groups, excluding NO2 is 1. The van der Waals surface area contributed by atoms with E-state index in [1.165, 1.54) is 0 Å². The Hall–Kier alpha value is -2.49. The fraction of sp³-hybridized carbons (Fsp3) is 0.0714. The van der Waals surface area contributed by atoms with Crippen molar-refractivity contribution in [2.75, 3.05) is 5.43 Å². The summed E-state index contributed by atoms with van der Waals surface area (Å²) in [4.78, 5) is 10.8. The number of nitrogens with zero attached hydrogens (tertiary/aromatic N) is 2. The third-order valence-corrected chi connectivity index (χ3v) is 2.46. The van der Waals surface area contributed by atoms with Gasteiger partial charge in [-0.3, -0.25) is 5.43 Å². The zero-order valence-corrected chi connectivity index (χ0v) is 10.00. The fourth-order valence-electron chi connectivity index (χ4n) is 1.47. The molecule has 18 heavy (non-hydrogen) atoms. The number of rotatable bonds is 3. The summed E-state index contributed by atoms with van der Waals surface area (Å²) in [6.07, 6.45) is 0. The van der Waals surface area contributed by atoms with E-state index >= 15 is 0 Å². The minimum Gasteiger partial charge on any atom is -0.276 e. The van der Waals surface area contributed by atoms with Crippen LogP contribution in [-0.2, 0) is 0 Å². The second-order valence-electron chi connectivity index (χ2n) is 3.87. The van der Waals surface area contributed by atoms with E-state index in [4.69, 9.17) is 0 Å². The number of para-hydroxylation sites is 1. The van der Waals surface area contributed by atoms with E-state index in [0.717, 1.165) is 11.3 Å². The molecular weight excluding hydrogens is 226 g/mol. The summed E-state index contributed by atoms with van der Waals surface area (Å²) in [5.41, 5.74) is 5.43. The van der Waals surface area contributed by atoms with Gasteiger partial charge in [0.2, 0.25) is 5.84 Å². The molecule has 0 amide bonds. The fourth-order valence-corrected chi connectivity index (χ4v) is 1.47. The van der Waals surface area contributed by atoms with Crippen molar-refractivity contribution < 1.29 is 0 Å². The van der Waals surface area contributed by atoms with Gasteiger partial charge in [-0.1, -0.05) is 48.0 Å². The van der Waals surface area contributed by atoms with Crippen LogP contribution in [0.2, 0.25) is 0 Å². The molecule has 4 heteroatoms. The normalized spacial score (nSPS) is 11.1. The predicted molar refractivity (Wildman–Crippen MR) is 73.6 cm³/mol. The molecule has 0 unspecified atom stereocenters. The maximum atomic E-state index is 10.8. The highest BCUT2D eigenvalue weighted by Gasteiger charge is 2.03. The van der Waals surface area contributed by atoms with Crippen LogP contribution >= 0.6 is 0 Å². The quantitative estimate of drug-likeness (QED) is 0.385. The Kier molecular flexibility index (Phi) is 3.81. The molecule has 0 saturated carbocycles. The van der Waals surface area contributed by atoms with E-state index in [2.05, 4.69) is 15.7 Å². The van der Waals surface area contributed by atoms with Gasteiger partial charge in [0, 0.05) is 5.56 Å². The lowest BCUT2D eigenvalue weighted by Gasteiger charge is -2.01. The Balaban J connectivity index is 2.18. The van der Waals surface area contributed by atoms with Gasteiger partial charge in [-0.05, 0) is 24.2 Å². The van der Waals surface area contributed by atoms with Gasteiger partial charge < -0.3 is 0 Å². The molecule has 0 saturated heterocycles. The second-order valence-corrected chi connectivity index (χ2v) is 3.87. The van der Waals surface area contributed by atoms with E-state index in [9.17, 15) is 4.91 Å². The van der Waals surface area contributed by atoms with Crippen LogP contribution in [-0.4, -0.2) is 5.84 Å². The van der Waals surface area contributed by atoms with E-state index in [1.54, 1.807) is 0 Å². The van der Waals surface area contributed by atoms with Crippen molar-refractivity contribution in [1.29, 1.82) is 0 Å². The monoisotopic (exact) mass is 239 g/mol. The summed E-state index contributed by atoms with van der Waals surface area (Å²) >= 11 is 0. The summed E-state index contributed by atoms with van der Waals surface area (Å²) in [6.45, 7) is 1.98. The average Bonchev–Trinajstić information content (AvgIpc) is 2.42. The number of anilines is 1. The van der Waals surface area contributed by atoms with Crippen molar-refractivity contribution in [1.82, 2.24) is 0 Å². The zero-order valence-electron chi connectivity index (χ0n) is 10.00. The first-order valence-electron chi connectivity index (χ1n) is 5.59. The first-order chi connectivity index (χ1) is 8.79. The average molecular weight is 239 g/mol. The van der Waals surface area contributed by atoms with Crippen LogP contribution in [0.4, 0.5) is 5.69 Å². The Bertz CT molecular complexity index is 547. The summed E-state index contributed by atoms with van der Waals surface area (Å²) in [5.74, 6) is 0.138. The maximum absolute atomic E-state index is 10.8. The number of benzene rings is 2. The number of nitrogens with one attached hydrogen (secondary N) is 1. The first-order valence-corrected chi connectivity index (χ1v) is 5.59. The Morgan fingerprint density at radius 3 is 2.28 bits per heavy atom. The number of hydrogen-bond donors (Lipinski definition) is 1. The van der Waals surface area contributed by atoms with Crippen LogP contribution in [0.25, 0.3) is 0 Å². The standard InChI is InChI=1S/C14H13N3O/c1-11-7-9-12(10-8-11)14(17-18)16-15-13-5-3-2-4-6-13/h2-10,15H,1H3/b16-14-.